The fraction of sp³-hybridized carbons (Fsp3) is 0. The second-order valence-electron chi connectivity index (χ2n) is 5.87. The molecule has 1 aromatic heterocycles. The fourth-order valence-corrected chi connectivity index (χ4v) is 3.28. The summed E-state index contributed by atoms with van der Waals surface area (Å²) >= 11 is 0. The van der Waals surface area contributed by atoms with Gasteiger partial charge in [-0.1, -0.05) is 67.3 Å². The van der Waals surface area contributed by atoms with Crippen LogP contribution in [0.15, 0.2) is 85.6 Å². The van der Waals surface area contributed by atoms with Gasteiger partial charge >= 0.3 is 0 Å². The van der Waals surface area contributed by atoms with Crippen molar-refractivity contribution in [3.63, 3.8) is 0 Å². The maximum atomic E-state index is 10.6. The zero-order valence-electron chi connectivity index (χ0n) is 13.7. The molecule has 0 saturated carbocycles. The molecule has 0 amide bonds. The van der Waals surface area contributed by atoms with Gasteiger partial charge in [0.1, 0.15) is 5.75 Å². The molecule has 0 aliphatic carbocycles. The smallest absolute Gasteiger partial charge is 0.124 e. The van der Waals surface area contributed by atoms with E-state index in [-0.39, 0.29) is 5.75 Å². The van der Waals surface area contributed by atoms with Gasteiger partial charge in [-0.2, -0.15) is 0 Å². The highest BCUT2D eigenvalue weighted by Crippen LogP contribution is 2.42. The molecule has 0 unspecified atom stereocenters. The number of hydrogen-bond acceptors (Lipinski definition) is 2. The average molecular weight is 323 g/mol. The van der Waals surface area contributed by atoms with E-state index < -0.39 is 0 Å². The van der Waals surface area contributed by atoms with Crippen molar-refractivity contribution in [1.82, 2.24) is 4.98 Å². The number of phenolic OH excluding ortho intramolecular Hbond substituents is 1. The van der Waals surface area contributed by atoms with Crippen LogP contribution in [-0.2, 0) is 0 Å². The number of aromatic nitrogens is 1. The molecule has 4 rings (SSSR count). The number of pyridine rings is 1. The molecular weight excluding hydrogens is 306 g/mol. The Kier molecular flexibility index (Phi) is 3.79. The molecule has 2 heteroatoms. The van der Waals surface area contributed by atoms with Crippen molar-refractivity contribution < 1.29 is 5.11 Å². The molecule has 0 fully saturated rings. The van der Waals surface area contributed by atoms with E-state index in [2.05, 4.69) is 17.6 Å². The van der Waals surface area contributed by atoms with Crippen LogP contribution in [0.1, 0.15) is 5.56 Å². The van der Waals surface area contributed by atoms with Crippen molar-refractivity contribution in [2.24, 2.45) is 0 Å². The van der Waals surface area contributed by atoms with Gasteiger partial charge in [-0.05, 0) is 40.5 Å². The SMILES string of the molecule is C=Cc1ccccc1-c1c(O)cccc1-c1ccnc2ccccc12. The summed E-state index contributed by atoms with van der Waals surface area (Å²) in [4.78, 5) is 4.45. The topological polar surface area (TPSA) is 33.1 Å². The second kappa shape index (κ2) is 6.25. The Morgan fingerprint density at radius 2 is 1.52 bits per heavy atom. The highest BCUT2D eigenvalue weighted by atomic mass is 16.3. The number of phenols is 1. The van der Waals surface area contributed by atoms with Crippen LogP contribution < -0.4 is 0 Å². The van der Waals surface area contributed by atoms with Gasteiger partial charge in [0.05, 0.1) is 5.52 Å². The molecule has 3 aromatic carbocycles. The summed E-state index contributed by atoms with van der Waals surface area (Å²) in [5.74, 6) is 0.257. The average Bonchev–Trinajstić information content (AvgIpc) is 2.67. The summed E-state index contributed by atoms with van der Waals surface area (Å²) < 4.78 is 0. The summed E-state index contributed by atoms with van der Waals surface area (Å²) in [6.45, 7) is 3.91. The Bertz CT molecular complexity index is 1080. The summed E-state index contributed by atoms with van der Waals surface area (Å²) in [7, 11) is 0. The van der Waals surface area contributed by atoms with Gasteiger partial charge in [-0.3, -0.25) is 4.98 Å². The molecule has 25 heavy (non-hydrogen) atoms. The van der Waals surface area contributed by atoms with Crippen molar-refractivity contribution in [2.45, 2.75) is 0 Å². The summed E-state index contributed by atoms with van der Waals surface area (Å²) in [6.07, 6.45) is 3.63. The van der Waals surface area contributed by atoms with Crippen molar-refractivity contribution >= 4 is 17.0 Å². The molecule has 0 atom stereocenters. The van der Waals surface area contributed by atoms with E-state index in [4.69, 9.17) is 0 Å². The number of benzene rings is 3. The van der Waals surface area contributed by atoms with Crippen LogP contribution in [0.5, 0.6) is 5.75 Å². The Morgan fingerprint density at radius 3 is 2.40 bits per heavy atom. The molecule has 0 aliphatic rings. The summed E-state index contributed by atoms with van der Waals surface area (Å²) in [5.41, 5.74) is 5.74. The van der Waals surface area contributed by atoms with Crippen molar-refractivity contribution in [1.29, 1.82) is 0 Å². The molecule has 1 heterocycles. The molecule has 1 N–H and O–H groups in total. The van der Waals surface area contributed by atoms with E-state index in [9.17, 15) is 5.11 Å². The first-order chi connectivity index (χ1) is 12.3. The minimum absolute atomic E-state index is 0.257. The van der Waals surface area contributed by atoms with E-state index in [1.165, 1.54) is 0 Å². The Labute approximate surface area is 146 Å². The molecule has 2 nitrogen and oxygen atoms in total. The standard InChI is InChI=1S/C23H17NO/c1-2-16-8-3-4-9-17(16)23-20(11-7-13-22(23)25)18-14-15-24-21-12-6-5-10-19(18)21/h2-15,25H,1H2. The molecular formula is C23H17NO. The van der Waals surface area contributed by atoms with E-state index in [0.717, 1.165) is 38.7 Å². The predicted octanol–water partition coefficient (Wildman–Crippen LogP) is 5.92. The van der Waals surface area contributed by atoms with Crippen molar-refractivity contribution in [2.75, 3.05) is 0 Å². The molecule has 0 bridgehead atoms. The lowest BCUT2D eigenvalue weighted by Crippen LogP contribution is -1.91. The lowest BCUT2D eigenvalue weighted by molar-refractivity contribution is 0.477. The van der Waals surface area contributed by atoms with Crippen molar-refractivity contribution in [3.05, 3.63) is 91.1 Å². The van der Waals surface area contributed by atoms with E-state index in [1.54, 1.807) is 6.07 Å². The first-order valence-corrected chi connectivity index (χ1v) is 8.17. The van der Waals surface area contributed by atoms with Crippen LogP contribution in [0.2, 0.25) is 0 Å². The molecule has 0 saturated heterocycles. The Morgan fingerprint density at radius 1 is 0.760 bits per heavy atom. The van der Waals surface area contributed by atoms with Crippen LogP contribution in [-0.4, -0.2) is 10.1 Å². The number of para-hydroxylation sites is 1. The first kappa shape index (κ1) is 15.2. The predicted molar refractivity (Wildman–Crippen MR) is 104 cm³/mol. The number of aromatic hydroxyl groups is 1. The first-order valence-electron chi connectivity index (χ1n) is 8.17. The Balaban J connectivity index is 2.07. The number of fused-ring (bicyclic) bond motifs is 1. The van der Waals surface area contributed by atoms with E-state index in [1.807, 2.05) is 72.9 Å². The van der Waals surface area contributed by atoms with Crippen LogP contribution in [0, 0.1) is 0 Å². The third kappa shape index (κ3) is 2.58. The van der Waals surface area contributed by atoms with Crippen LogP contribution in [0.25, 0.3) is 39.2 Å². The zero-order valence-corrected chi connectivity index (χ0v) is 13.7. The fourth-order valence-electron chi connectivity index (χ4n) is 3.28. The van der Waals surface area contributed by atoms with Gasteiger partial charge in [0.25, 0.3) is 0 Å². The number of nitrogens with zero attached hydrogens (tertiary/aromatic N) is 1. The Hall–Kier alpha value is -3.39. The molecule has 0 radical (unpaired) electrons. The van der Waals surface area contributed by atoms with Crippen LogP contribution >= 0.6 is 0 Å². The quantitative estimate of drug-likeness (QED) is 0.508. The number of rotatable bonds is 3. The van der Waals surface area contributed by atoms with Gasteiger partial charge in [0.2, 0.25) is 0 Å². The lowest BCUT2D eigenvalue weighted by atomic mass is 9.90. The van der Waals surface area contributed by atoms with Gasteiger partial charge in [-0.25, -0.2) is 0 Å². The second-order valence-corrected chi connectivity index (χ2v) is 5.87. The minimum Gasteiger partial charge on any atom is -0.507 e. The van der Waals surface area contributed by atoms with Gasteiger partial charge in [0.15, 0.2) is 0 Å². The van der Waals surface area contributed by atoms with Crippen molar-refractivity contribution in [3.8, 4) is 28.0 Å². The maximum absolute atomic E-state index is 10.6. The highest BCUT2D eigenvalue weighted by molar-refractivity contribution is 6.00. The molecule has 120 valence electrons. The zero-order chi connectivity index (χ0) is 17.2. The normalized spacial score (nSPS) is 10.7. The van der Waals surface area contributed by atoms with Crippen LogP contribution in [0.3, 0.4) is 0 Å². The highest BCUT2D eigenvalue weighted by Gasteiger charge is 2.15. The molecule has 0 aliphatic heterocycles. The van der Waals surface area contributed by atoms with E-state index >= 15 is 0 Å². The van der Waals surface area contributed by atoms with E-state index in [0.29, 0.717) is 0 Å². The minimum atomic E-state index is 0.257. The summed E-state index contributed by atoms with van der Waals surface area (Å²) in [6, 6.07) is 23.6. The molecule has 0 spiro atoms. The maximum Gasteiger partial charge on any atom is 0.124 e. The lowest BCUT2D eigenvalue weighted by Gasteiger charge is -2.15. The largest absolute Gasteiger partial charge is 0.507 e. The third-order valence-electron chi connectivity index (χ3n) is 4.43. The van der Waals surface area contributed by atoms with Crippen LogP contribution in [0.4, 0.5) is 0 Å². The molecule has 4 aromatic rings. The summed E-state index contributed by atoms with van der Waals surface area (Å²) in [5, 5.41) is 11.7. The number of hydrogen-bond donors (Lipinski definition) is 1. The van der Waals surface area contributed by atoms with Gasteiger partial charge in [0, 0.05) is 17.1 Å². The van der Waals surface area contributed by atoms with Gasteiger partial charge in [-0.15, -0.1) is 0 Å². The monoisotopic (exact) mass is 323 g/mol. The van der Waals surface area contributed by atoms with Gasteiger partial charge < -0.3 is 5.11 Å². The third-order valence-corrected chi connectivity index (χ3v) is 4.43.